The number of rotatable bonds is 0. The molecule has 0 amide bonds. The number of nitrogens with zero attached hydrogens (tertiary/aromatic N) is 2. The minimum atomic E-state index is 0.438. The number of pyridine rings is 1. The Labute approximate surface area is 88.2 Å². The lowest BCUT2D eigenvalue weighted by Gasteiger charge is -2.06. The molecule has 0 aliphatic carbocycles. The van der Waals surface area contributed by atoms with E-state index in [0.29, 0.717) is 11.3 Å². The summed E-state index contributed by atoms with van der Waals surface area (Å²) in [6.07, 6.45) is 1.53. The van der Waals surface area contributed by atoms with Gasteiger partial charge in [0.1, 0.15) is 6.07 Å². The minimum Gasteiger partial charge on any atom is -0.397 e. The number of anilines is 1. The summed E-state index contributed by atoms with van der Waals surface area (Å²) >= 11 is 0. The summed E-state index contributed by atoms with van der Waals surface area (Å²) in [5.74, 6) is 0. The fraction of sp³-hybridized carbons (Fsp3) is 0.167. The largest absolute Gasteiger partial charge is 0.397 e. The van der Waals surface area contributed by atoms with Crippen molar-refractivity contribution < 1.29 is 0 Å². The lowest BCUT2D eigenvalue weighted by molar-refractivity contribution is 1.32. The molecule has 0 spiro atoms. The standard InChI is InChI=1S/C12H11N3/c1-7-3-8(2)12-10(4-7)11(14)9(5-13)6-15-12/h3-4,6H,1-2H3,(H2,14,15). The van der Waals surface area contributed by atoms with Crippen LogP contribution in [0.3, 0.4) is 0 Å². The Morgan fingerprint density at radius 2 is 2.07 bits per heavy atom. The van der Waals surface area contributed by atoms with Gasteiger partial charge in [-0.2, -0.15) is 5.26 Å². The van der Waals surface area contributed by atoms with E-state index in [1.165, 1.54) is 6.20 Å². The molecule has 0 bridgehead atoms. The second-order valence-electron chi connectivity index (χ2n) is 3.68. The number of nitrogens with two attached hydrogens (primary N) is 1. The topological polar surface area (TPSA) is 62.7 Å². The van der Waals surface area contributed by atoms with Crippen LogP contribution < -0.4 is 5.73 Å². The van der Waals surface area contributed by atoms with E-state index in [1.807, 2.05) is 26.0 Å². The molecule has 1 aromatic heterocycles. The molecule has 3 nitrogen and oxygen atoms in total. The second kappa shape index (κ2) is 3.25. The molecular weight excluding hydrogens is 186 g/mol. The molecule has 0 aliphatic rings. The summed E-state index contributed by atoms with van der Waals surface area (Å²) in [6.45, 7) is 4.00. The van der Waals surface area contributed by atoms with Crippen molar-refractivity contribution in [3.05, 3.63) is 35.0 Å². The number of hydrogen-bond acceptors (Lipinski definition) is 3. The van der Waals surface area contributed by atoms with Crippen LogP contribution in [0.4, 0.5) is 5.69 Å². The van der Waals surface area contributed by atoms with E-state index in [-0.39, 0.29) is 0 Å². The van der Waals surface area contributed by atoms with Crippen molar-refractivity contribution in [2.75, 3.05) is 5.73 Å². The summed E-state index contributed by atoms with van der Waals surface area (Å²) in [5, 5.41) is 9.71. The number of hydrogen-bond donors (Lipinski definition) is 1. The molecule has 1 aromatic carbocycles. The number of nitriles is 1. The van der Waals surface area contributed by atoms with Crippen LogP contribution in [0.1, 0.15) is 16.7 Å². The van der Waals surface area contributed by atoms with E-state index in [2.05, 4.69) is 11.1 Å². The first-order chi connectivity index (χ1) is 7.13. The van der Waals surface area contributed by atoms with Crippen LogP contribution in [0.15, 0.2) is 18.3 Å². The third kappa shape index (κ3) is 1.40. The SMILES string of the molecule is Cc1cc(C)c2ncc(C#N)c(N)c2c1. The molecule has 0 radical (unpaired) electrons. The highest BCUT2D eigenvalue weighted by Crippen LogP contribution is 2.25. The molecule has 0 fully saturated rings. The van der Waals surface area contributed by atoms with E-state index < -0.39 is 0 Å². The normalized spacial score (nSPS) is 10.2. The minimum absolute atomic E-state index is 0.438. The molecule has 2 N–H and O–H groups in total. The van der Waals surface area contributed by atoms with Crippen molar-refractivity contribution >= 4 is 16.6 Å². The highest BCUT2D eigenvalue weighted by atomic mass is 14.7. The Hall–Kier alpha value is -2.08. The molecule has 0 saturated heterocycles. The van der Waals surface area contributed by atoms with Crippen molar-refractivity contribution in [2.24, 2.45) is 0 Å². The summed E-state index contributed by atoms with van der Waals surface area (Å²) in [5.41, 5.74) is 9.95. The lowest BCUT2D eigenvalue weighted by Crippen LogP contribution is -1.96. The predicted molar refractivity (Wildman–Crippen MR) is 60.3 cm³/mol. The Kier molecular flexibility index (Phi) is 2.05. The zero-order valence-corrected chi connectivity index (χ0v) is 8.70. The van der Waals surface area contributed by atoms with E-state index in [4.69, 9.17) is 11.0 Å². The molecule has 0 atom stereocenters. The van der Waals surface area contributed by atoms with Crippen LogP contribution in [0.2, 0.25) is 0 Å². The third-order valence-corrected chi connectivity index (χ3v) is 2.47. The number of benzene rings is 1. The fourth-order valence-corrected chi connectivity index (χ4v) is 1.77. The maximum absolute atomic E-state index is 8.85. The highest BCUT2D eigenvalue weighted by molar-refractivity contribution is 5.94. The quantitative estimate of drug-likeness (QED) is 0.704. The first-order valence-electron chi connectivity index (χ1n) is 4.69. The molecule has 0 unspecified atom stereocenters. The van der Waals surface area contributed by atoms with E-state index in [1.54, 1.807) is 0 Å². The van der Waals surface area contributed by atoms with Gasteiger partial charge in [-0.05, 0) is 25.5 Å². The van der Waals surface area contributed by atoms with Crippen LogP contribution in [-0.2, 0) is 0 Å². The van der Waals surface area contributed by atoms with Crippen LogP contribution in [-0.4, -0.2) is 4.98 Å². The van der Waals surface area contributed by atoms with Gasteiger partial charge < -0.3 is 5.73 Å². The smallest absolute Gasteiger partial charge is 0.103 e. The Balaban J connectivity index is 2.94. The summed E-state index contributed by atoms with van der Waals surface area (Å²) in [6, 6.07) is 6.06. The number of fused-ring (bicyclic) bond motifs is 1. The molecule has 3 heteroatoms. The number of nitrogen functional groups attached to an aromatic ring is 1. The molecule has 15 heavy (non-hydrogen) atoms. The number of aromatic nitrogens is 1. The van der Waals surface area contributed by atoms with Gasteiger partial charge in [0.2, 0.25) is 0 Å². The van der Waals surface area contributed by atoms with Gasteiger partial charge in [0, 0.05) is 11.6 Å². The van der Waals surface area contributed by atoms with Gasteiger partial charge in [-0.3, -0.25) is 4.98 Å². The number of aryl methyl sites for hydroxylation is 2. The molecule has 74 valence electrons. The fourth-order valence-electron chi connectivity index (χ4n) is 1.77. The van der Waals surface area contributed by atoms with Crippen molar-refractivity contribution in [1.82, 2.24) is 4.98 Å². The summed E-state index contributed by atoms with van der Waals surface area (Å²) < 4.78 is 0. The van der Waals surface area contributed by atoms with Crippen molar-refractivity contribution in [2.45, 2.75) is 13.8 Å². The van der Waals surface area contributed by atoms with Crippen LogP contribution >= 0.6 is 0 Å². The molecule has 0 saturated carbocycles. The maximum Gasteiger partial charge on any atom is 0.103 e. The van der Waals surface area contributed by atoms with Crippen molar-refractivity contribution in [3.63, 3.8) is 0 Å². The molecule has 2 aromatic rings. The zero-order chi connectivity index (χ0) is 11.0. The molecule has 0 aliphatic heterocycles. The predicted octanol–water partition coefficient (Wildman–Crippen LogP) is 2.31. The molecule has 1 heterocycles. The Morgan fingerprint density at radius 1 is 1.33 bits per heavy atom. The van der Waals surface area contributed by atoms with Gasteiger partial charge in [-0.1, -0.05) is 11.6 Å². The second-order valence-corrected chi connectivity index (χ2v) is 3.68. The molecule has 2 rings (SSSR count). The van der Waals surface area contributed by atoms with Gasteiger partial charge >= 0.3 is 0 Å². The van der Waals surface area contributed by atoms with Gasteiger partial charge in [0.25, 0.3) is 0 Å². The third-order valence-electron chi connectivity index (χ3n) is 2.47. The van der Waals surface area contributed by atoms with Crippen LogP contribution in [0.25, 0.3) is 10.9 Å². The Bertz CT molecular complexity index is 579. The van der Waals surface area contributed by atoms with E-state index >= 15 is 0 Å². The highest BCUT2D eigenvalue weighted by Gasteiger charge is 2.07. The lowest BCUT2D eigenvalue weighted by atomic mass is 10.0. The van der Waals surface area contributed by atoms with Gasteiger partial charge in [-0.15, -0.1) is 0 Å². The summed E-state index contributed by atoms with van der Waals surface area (Å²) in [4.78, 5) is 4.25. The summed E-state index contributed by atoms with van der Waals surface area (Å²) in [7, 11) is 0. The van der Waals surface area contributed by atoms with Crippen LogP contribution in [0, 0.1) is 25.2 Å². The first-order valence-corrected chi connectivity index (χ1v) is 4.69. The monoisotopic (exact) mass is 197 g/mol. The van der Waals surface area contributed by atoms with Crippen molar-refractivity contribution in [1.29, 1.82) is 5.26 Å². The van der Waals surface area contributed by atoms with Crippen molar-refractivity contribution in [3.8, 4) is 6.07 Å². The van der Waals surface area contributed by atoms with Gasteiger partial charge in [-0.25, -0.2) is 0 Å². The maximum atomic E-state index is 8.85. The first kappa shape index (κ1) is 9.47. The average molecular weight is 197 g/mol. The zero-order valence-electron chi connectivity index (χ0n) is 8.70. The Morgan fingerprint density at radius 3 is 2.73 bits per heavy atom. The molecular formula is C12H11N3. The van der Waals surface area contributed by atoms with E-state index in [0.717, 1.165) is 22.0 Å². The van der Waals surface area contributed by atoms with Gasteiger partial charge in [0.15, 0.2) is 0 Å². The average Bonchev–Trinajstić information content (AvgIpc) is 2.19. The van der Waals surface area contributed by atoms with Crippen LogP contribution in [0.5, 0.6) is 0 Å². The van der Waals surface area contributed by atoms with E-state index in [9.17, 15) is 0 Å². The van der Waals surface area contributed by atoms with Gasteiger partial charge in [0.05, 0.1) is 16.8 Å².